The molecule has 94 valence electrons. The molecular formula is C10H22BrN5. The van der Waals surface area contributed by atoms with Crippen LogP contribution in [0, 0.1) is 0 Å². The summed E-state index contributed by atoms with van der Waals surface area (Å²) in [5.41, 5.74) is 0. The van der Waals surface area contributed by atoms with Gasteiger partial charge < -0.3 is 26.8 Å². The molecule has 6 heteroatoms. The Labute approximate surface area is 109 Å². The predicted octanol–water partition coefficient (Wildman–Crippen LogP) is -3.59. The summed E-state index contributed by atoms with van der Waals surface area (Å²) in [6.07, 6.45) is 0. The predicted molar refractivity (Wildman–Crippen MR) is 63.5 cm³/mol. The van der Waals surface area contributed by atoms with Crippen LogP contribution in [-0.2, 0) is 0 Å². The molecule has 1 rings (SSSR count). The molecule has 1 aliphatic rings. The molecule has 5 nitrogen and oxygen atoms in total. The SMILES string of the molecule is CN(C)C(N=C1N(C)CCN1C)=[N+](C)C.[Br-]. The molecule has 1 heterocycles. The number of nitrogens with zero attached hydrogens (tertiary/aromatic N) is 5. The summed E-state index contributed by atoms with van der Waals surface area (Å²) in [5.74, 6) is 2.00. The summed E-state index contributed by atoms with van der Waals surface area (Å²) in [4.78, 5) is 11.0. The van der Waals surface area contributed by atoms with Crippen LogP contribution in [0.15, 0.2) is 4.99 Å². The smallest absolute Gasteiger partial charge is 0.392 e. The second-order valence-electron chi connectivity index (χ2n) is 4.34. The van der Waals surface area contributed by atoms with Gasteiger partial charge in [0.2, 0.25) is 0 Å². The molecule has 0 saturated carbocycles. The molecule has 0 atom stereocenters. The fourth-order valence-corrected chi connectivity index (χ4v) is 1.65. The van der Waals surface area contributed by atoms with E-state index in [2.05, 4.69) is 28.9 Å². The number of hydrogen-bond acceptors (Lipinski definition) is 0. The van der Waals surface area contributed by atoms with Crippen molar-refractivity contribution in [3.8, 4) is 0 Å². The molecule has 0 spiro atoms. The van der Waals surface area contributed by atoms with Crippen molar-refractivity contribution in [3.63, 3.8) is 0 Å². The van der Waals surface area contributed by atoms with Crippen LogP contribution in [0.5, 0.6) is 0 Å². The van der Waals surface area contributed by atoms with Crippen LogP contribution in [0.2, 0.25) is 0 Å². The summed E-state index contributed by atoms with van der Waals surface area (Å²) in [6.45, 7) is 2.09. The quantitative estimate of drug-likeness (QED) is 0.262. The molecule has 0 radical (unpaired) electrons. The van der Waals surface area contributed by atoms with Gasteiger partial charge >= 0.3 is 5.96 Å². The highest BCUT2D eigenvalue weighted by atomic mass is 79.9. The highest BCUT2D eigenvalue weighted by molar-refractivity contribution is 5.93. The molecule has 1 aliphatic heterocycles. The zero-order valence-electron chi connectivity index (χ0n) is 11.0. The molecule has 0 aliphatic carbocycles. The summed E-state index contributed by atoms with van der Waals surface area (Å²) >= 11 is 0. The van der Waals surface area contributed by atoms with E-state index in [0.717, 1.165) is 25.0 Å². The van der Waals surface area contributed by atoms with E-state index in [4.69, 9.17) is 0 Å². The van der Waals surface area contributed by atoms with E-state index in [1.54, 1.807) is 0 Å². The topological polar surface area (TPSA) is 25.1 Å². The number of hydrogen-bond donors (Lipinski definition) is 0. The highest BCUT2D eigenvalue weighted by Gasteiger charge is 2.25. The lowest BCUT2D eigenvalue weighted by Gasteiger charge is -2.14. The van der Waals surface area contributed by atoms with Crippen LogP contribution in [0.1, 0.15) is 0 Å². The van der Waals surface area contributed by atoms with E-state index in [0.29, 0.717) is 0 Å². The molecule has 16 heavy (non-hydrogen) atoms. The van der Waals surface area contributed by atoms with Gasteiger partial charge in [-0.3, -0.25) is 9.48 Å². The number of aliphatic imine (C=N–C) groups is 1. The lowest BCUT2D eigenvalue weighted by atomic mass is 10.6. The van der Waals surface area contributed by atoms with Crippen molar-refractivity contribution < 1.29 is 21.6 Å². The minimum Gasteiger partial charge on any atom is -1.00 e. The maximum absolute atomic E-state index is 4.67. The first-order chi connectivity index (χ1) is 6.93. The van der Waals surface area contributed by atoms with E-state index < -0.39 is 0 Å². The van der Waals surface area contributed by atoms with E-state index in [1.165, 1.54) is 0 Å². The van der Waals surface area contributed by atoms with Gasteiger partial charge in [-0.15, -0.1) is 0 Å². The Balaban J connectivity index is 0.00000225. The van der Waals surface area contributed by atoms with Crippen LogP contribution >= 0.6 is 0 Å². The summed E-state index contributed by atoms with van der Waals surface area (Å²) in [7, 11) is 12.2. The molecule has 0 unspecified atom stereocenters. The number of rotatable bonds is 0. The first-order valence-corrected chi connectivity index (χ1v) is 5.16. The van der Waals surface area contributed by atoms with Crippen molar-refractivity contribution in [2.75, 3.05) is 55.4 Å². The molecule has 0 aromatic rings. The molecule has 0 aromatic carbocycles. The Morgan fingerprint density at radius 3 is 1.94 bits per heavy atom. The Kier molecular flexibility index (Phi) is 5.78. The molecular weight excluding hydrogens is 270 g/mol. The van der Waals surface area contributed by atoms with Crippen molar-refractivity contribution in [3.05, 3.63) is 0 Å². The minimum atomic E-state index is 0. The fraction of sp³-hybridized carbons (Fsp3) is 0.800. The Hall–Kier alpha value is -0.780. The van der Waals surface area contributed by atoms with Crippen LogP contribution in [0.4, 0.5) is 0 Å². The van der Waals surface area contributed by atoms with Gasteiger partial charge in [0.25, 0.3) is 5.96 Å². The van der Waals surface area contributed by atoms with Crippen molar-refractivity contribution >= 4 is 11.9 Å². The first-order valence-electron chi connectivity index (χ1n) is 5.16. The fourth-order valence-electron chi connectivity index (χ4n) is 1.65. The van der Waals surface area contributed by atoms with Gasteiger partial charge in [-0.25, -0.2) is 0 Å². The molecule has 0 N–H and O–H groups in total. The second kappa shape index (κ2) is 6.08. The average molecular weight is 292 g/mol. The average Bonchev–Trinajstić information content (AvgIpc) is 2.42. The second-order valence-corrected chi connectivity index (χ2v) is 4.34. The third-order valence-corrected chi connectivity index (χ3v) is 2.45. The van der Waals surface area contributed by atoms with Crippen molar-refractivity contribution in [2.45, 2.75) is 0 Å². The highest BCUT2D eigenvalue weighted by Crippen LogP contribution is 2.04. The zero-order valence-corrected chi connectivity index (χ0v) is 12.6. The number of guanidine groups is 2. The van der Waals surface area contributed by atoms with Crippen LogP contribution in [-0.4, -0.2) is 86.6 Å². The van der Waals surface area contributed by atoms with Crippen LogP contribution < -0.4 is 17.0 Å². The third-order valence-electron chi connectivity index (χ3n) is 2.45. The van der Waals surface area contributed by atoms with Crippen LogP contribution in [0.25, 0.3) is 0 Å². The number of halogens is 1. The van der Waals surface area contributed by atoms with E-state index in [-0.39, 0.29) is 17.0 Å². The van der Waals surface area contributed by atoms with Gasteiger partial charge in [-0.1, -0.05) is 0 Å². The molecule has 0 amide bonds. The van der Waals surface area contributed by atoms with Crippen LogP contribution in [0.3, 0.4) is 0 Å². The molecule has 0 aromatic heterocycles. The molecule has 0 bridgehead atoms. The largest absolute Gasteiger partial charge is 1.00 e. The lowest BCUT2D eigenvalue weighted by molar-refractivity contribution is -0.470. The van der Waals surface area contributed by atoms with E-state index in [1.807, 2.05) is 37.7 Å². The van der Waals surface area contributed by atoms with Gasteiger partial charge in [0, 0.05) is 27.2 Å². The Morgan fingerprint density at radius 2 is 1.62 bits per heavy atom. The van der Waals surface area contributed by atoms with Gasteiger partial charge in [-0.05, 0) is 4.99 Å². The van der Waals surface area contributed by atoms with Crippen molar-refractivity contribution in [1.29, 1.82) is 0 Å². The molecule has 1 fully saturated rings. The van der Waals surface area contributed by atoms with E-state index in [9.17, 15) is 0 Å². The van der Waals surface area contributed by atoms with Gasteiger partial charge in [0.05, 0.1) is 28.2 Å². The normalized spacial score (nSPS) is 14.8. The summed E-state index contributed by atoms with van der Waals surface area (Å²) in [6, 6.07) is 0. The maximum Gasteiger partial charge on any atom is 0.392 e. The maximum atomic E-state index is 4.67. The zero-order chi connectivity index (χ0) is 11.6. The monoisotopic (exact) mass is 291 g/mol. The minimum absolute atomic E-state index is 0. The standard InChI is InChI=1S/C10H22N5.BrH/c1-12(2)9(13(3)4)11-10-14(5)7-8-15(10)6;/h7-8H2,1-6H3;1H/q+1;/p-1. The van der Waals surface area contributed by atoms with Gasteiger partial charge in [0.1, 0.15) is 0 Å². The van der Waals surface area contributed by atoms with Crippen molar-refractivity contribution in [2.24, 2.45) is 4.99 Å². The summed E-state index contributed by atoms with van der Waals surface area (Å²) in [5, 5.41) is 0. The third kappa shape index (κ3) is 3.37. The Morgan fingerprint density at radius 1 is 1.19 bits per heavy atom. The number of likely N-dealkylation sites (N-methyl/N-ethyl adjacent to an activating group) is 2. The van der Waals surface area contributed by atoms with Gasteiger partial charge in [-0.2, -0.15) is 0 Å². The van der Waals surface area contributed by atoms with Crippen molar-refractivity contribution in [1.82, 2.24) is 14.7 Å². The Bertz CT molecular complexity index is 282. The molecule has 1 saturated heterocycles. The lowest BCUT2D eigenvalue weighted by Crippen LogP contribution is -3.00. The van der Waals surface area contributed by atoms with Gasteiger partial charge in [0.15, 0.2) is 0 Å². The summed E-state index contributed by atoms with van der Waals surface area (Å²) < 4.78 is 2.02. The van der Waals surface area contributed by atoms with E-state index >= 15 is 0 Å². The first kappa shape index (κ1) is 15.2.